The van der Waals surface area contributed by atoms with Gasteiger partial charge in [0.25, 0.3) is 0 Å². The highest BCUT2D eigenvalue weighted by molar-refractivity contribution is 5.92. The van der Waals surface area contributed by atoms with Gasteiger partial charge in [0, 0.05) is 43.9 Å². The number of pyridine rings is 2. The van der Waals surface area contributed by atoms with Crippen LogP contribution in [-0.4, -0.2) is 46.9 Å². The molecule has 0 saturated carbocycles. The summed E-state index contributed by atoms with van der Waals surface area (Å²) in [6.07, 6.45) is -2.74. The van der Waals surface area contributed by atoms with E-state index in [2.05, 4.69) is 14.7 Å². The van der Waals surface area contributed by atoms with Gasteiger partial charge in [-0.15, -0.1) is 0 Å². The van der Waals surface area contributed by atoms with Gasteiger partial charge in [-0.3, -0.25) is 9.78 Å². The summed E-state index contributed by atoms with van der Waals surface area (Å²) in [5.41, 5.74) is 3.49. The average Bonchev–Trinajstić information content (AvgIpc) is 3.29. The van der Waals surface area contributed by atoms with Crippen LogP contribution in [0.15, 0.2) is 42.6 Å². The number of methoxy groups -OCH3 is 1. The van der Waals surface area contributed by atoms with E-state index >= 15 is 0 Å². The Kier molecular flexibility index (Phi) is 6.58. The van der Waals surface area contributed by atoms with Crippen molar-refractivity contribution in [3.05, 3.63) is 76.2 Å². The Morgan fingerprint density at radius 2 is 1.79 bits per heavy atom. The molecule has 198 valence electrons. The number of hydrogen-bond donors (Lipinski definition) is 0. The van der Waals surface area contributed by atoms with Crippen LogP contribution in [-0.2, 0) is 28.8 Å². The fourth-order valence-corrected chi connectivity index (χ4v) is 5.17. The van der Waals surface area contributed by atoms with Crippen LogP contribution >= 0.6 is 0 Å². The van der Waals surface area contributed by atoms with E-state index in [9.17, 15) is 22.8 Å². The van der Waals surface area contributed by atoms with Crippen LogP contribution in [0, 0.1) is 19.8 Å². The minimum atomic E-state index is -4.71. The molecule has 1 aromatic carbocycles. The lowest BCUT2D eigenvalue weighted by Crippen LogP contribution is -2.49. The second-order valence-electron chi connectivity index (χ2n) is 9.88. The number of ether oxygens (including phenoxy) is 1. The Balaban J connectivity index is 1.24. The number of hydrogen-bond acceptors (Lipinski definition) is 6. The molecule has 0 N–H and O–H groups in total. The Bertz CT molecular complexity index is 1420. The molecule has 0 unspecified atom stereocenters. The molecule has 7 nitrogen and oxygen atoms in total. The predicted molar refractivity (Wildman–Crippen MR) is 134 cm³/mol. The largest absolute Gasteiger partial charge is 0.465 e. The van der Waals surface area contributed by atoms with E-state index < -0.39 is 23.3 Å². The van der Waals surface area contributed by atoms with E-state index in [1.165, 1.54) is 6.07 Å². The van der Waals surface area contributed by atoms with Crippen LogP contribution in [0.1, 0.15) is 44.9 Å². The number of nitrogens with zero attached hydrogens (tertiary/aromatic N) is 4. The SMILES string of the molecule is COC(=O)c1ccc(-c2ccnc(N3CC(CC(=O)N4Cc5nc(C)cc(C)c5C4)C3)c2)cc1C(F)(F)F. The molecule has 0 bridgehead atoms. The van der Waals surface area contributed by atoms with Crippen LogP contribution in [0.4, 0.5) is 19.0 Å². The summed E-state index contributed by atoms with van der Waals surface area (Å²) in [6, 6.07) is 8.93. The number of esters is 1. The van der Waals surface area contributed by atoms with Crippen LogP contribution in [0.5, 0.6) is 0 Å². The average molecular weight is 525 g/mol. The Hall–Kier alpha value is -3.95. The molecular formula is C28H27F3N4O3. The summed E-state index contributed by atoms with van der Waals surface area (Å²) in [6.45, 7) is 6.39. The maximum absolute atomic E-state index is 13.6. The van der Waals surface area contributed by atoms with E-state index in [1.54, 1.807) is 18.3 Å². The van der Waals surface area contributed by atoms with Crippen molar-refractivity contribution in [1.29, 1.82) is 0 Å². The van der Waals surface area contributed by atoms with Gasteiger partial charge < -0.3 is 14.5 Å². The van der Waals surface area contributed by atoms with Crippen molar-refractivity contribution in [1.82, 2.24) is 14.9 Å². The third-order valence-corrected chi connectivity index (χ3v) is 7.16. The number of aromatic nitrogens is 2. The van der Waals surface area contributed by atoms with Gasteiger partial charge in [0.05, 0.1) is 30.5 Å². The van der Waals surface area contributed by atoms with Gasteiger partial charge in [0.15, 0.2) is 0 Å². The second kappa shape index (κ2) is 9.74. The van der Waals surface area contributed by atoms with E-state index in [-0.39, 0.29) is 11.8 Å². The third kappa shape index (κ3) is 4.94. The highest BCUT2D eigenvalue weighted by Gasteiger charge is 2.36. The van der Waals surface area contributed by atoms with Gasteiger partial charge >= 0.3 is 12.1 Å². The van der Waals surface area contributed by atoms with Crippen molar-refractivity contribution in [2.24, 2.45) is 5.92 Å². The molecule has 2 aliphatic rings. The number of fused-ring (bicyclic) bond motifs is 1. The van der Waals surface area contributed by atoms with Crippen LogP contribution in [0.3, 0.4) is 0 Å². The number of carbonyl (C=O) groups excluding carboxylic acids is 2. The lowest BCUT2D eigenvalue weighted by molar-refractivity contribution is -0.138. The first-order chi connectivity index (χ1) is 18.0. The maximum atomic E-state index is 13.6. The zero-order valence-electron chi connectivity index (χ0n) is 21.3. The lowest BCUT2D eigenvalue weighted by Gasteiger charge is -2.40. The van der Waals surface area contributed by atoms with E-state index in [4.69, 9.17) is 0 Å². The van der Waals surface area contributed by atoms with Crippen LogP contribution < -0.4 is 4.90 Å². The molecule has 1 amide bonds. The molecule has 0 spiro atoms. The topological polar surface area (TPSA) is 75.6 Å². The zero-order chi connectivity index (χ0) is 27.2. The fourth-order valence-electron chi connectivity index (χ4n) is 5.17. The summed E-state index contributed by atoms with van der Waals surface area (Å²) in [5, 5.41) is 0. The highest BCUT2D eigenvalue weighted by Crippen LogP contribution is 2.36. The summed E-state index contributed by atoms with van der Waals surface area (Å²) in [5.74, 6) is -0.152. The van der Waals surface area contributed by atoms with E-state index in [1.807, 2.05) is 29.7 Å². The van der Waals surface area contributed by atoms with Gasteiger partial charge in [-0.2, -0.15) is 13.2 Å². The number of amides is 1. The first kappa shape index (κ1) is 25.7. The maximum Gasteiger partial charge on any atom is 0.417 e. The Labute approximate surface area is 218 Å². The third-order valence-electron chi connectivity index (χ3n) is 7.16. The first-order valence-corrected chi connectivity index (χ1v) is 12.3. The molecule has 10 heteroatoms. The molecule has 1 saturated heterocycles. The van der Waals surface area contributed by atoms with Crippen molar-refractivity contribution in [2.75, 3.05) is 25.1 Å². The van der Waals surface area contributed by atoms with Crippen LogP contribution in [0.2, 0.25) is 0 Å². The molecule has 38 heavy (non-hydrogen) atoms. The molecule has 1 fully saturated rings. The van der Waals surface area contributed by atoms with E-state index in [0.29, 0.717) is 49.5 Å². The zero-order valence-corrected chi connectivity index (χ0v) is 21.3. The van der Waals surface area contributed by atoms with Gasteiger partial charge in [-0.1, -0.05) is 6.07 Å². The van der Waals surface area contributed by atoms with Crippen LogP contribution in [0.25, 0.3) is 11.1 Å². The first-order valence-electron chi connectivity index (χ1n) is 12.3. The second-order valence-corrected chi connectivity index (χ2v) is 9.88. The van der Waals surface area contributed by atoms with Gasteiger partial charge in [0.1, 0.15) is 5.82 Å². The highest BCUT2D eigenvalue weighted by atomic mass is 19.4. The number of halogens is 3. The number of aryl methyl sites for hydroxylation is 2. The van der Waals surface area contributed by atoms with E-state index in [0.717, 1.165) is 41.8 Å². The fraction of sp³-hybridized carbons (Fsp3) is 0.357. The Morgan fingerprint density at radius 1 is 1.05 bits per heavy atom. The minimum absolute atomic E-state index is 0.0942. The summed E-state index contributed by atoms with van der Waals surface area (Å²) in [4.78, 5) is 37.6. The Morgan fingerprint density at radius 3 is 2.50 bits per heavy atom. The van der Waals surface area contributed by atoms with Crippen molar-refractivity contribution in [3.8, 4) is 11.1 Å². The van der Waals surface area contributed by atoms with Crippen molar-refractivity contribution < 1.29 is 27.5 Å². The van der Waals surface area contributed by atoms with Crippen molar-refractivity contribution >= 4 is 17.7 Å². The molecular weight excluding hydrogens is 497 g/mol. The number of carbonyl (C=O) groups is 2. The molecule has 2 aliphatic heterocycles. The summed E-state index contributed by atoms with van der Waals surface area (Å²) >= 11 is 0. The minimum Gasteiger partial charge on any atom is -0.465 e. The normalized spacial score (nSPS) is 15.3. The standard InChI is InChI=1S/C28H27F3N4O3/c1-16-8-17(2)33-24-15-35(14-22(16)24)26(36)9-18-12-34(13-18)25-11-20(6-7-32-25)19-4-5-21(27(37)38-3)23(10-19)28(29,30)31/h4-8,10-11,18H,9,12-15H2,1-3H3. The number of rotatable bonds is 5. The van der Waals surface area contributed by atoms with Gasteiger partial charge in [-0.25, -0.2) is 9.78 Å². The monoisotopic (exact) mass is 524 g/mol. The van der Waals surface area contributed by atoms with Gasteiger partial charge in [-0.05, 0) is 66.4 Å². The number of alkyl halides is 3. The molecule has 0 radical (unpaired) electrons. The quantitative estimate of drug-likeness (QED) is 0.441. The molecule has 0 aliphatic carbocycles. The summed E-state index contributed by atoms with van der Waals surface area (Å²) in [7, 11) is 1.04. The smallest absolute Gasteiger partial charge is 0.417 e. The molecule has 4 heterocycles. The lowest BCUT2D eigenvalue weighted by atomic mass is 9.95. The summed E-state index contributed by atoms with van der Waals surface area (Å²) < 4.78 is 45.4. The molecule has 3 aromatic rings. The van der Waals surface area contributed by atoms with Crippen molar-refractivity contribution in [3.63, 3.8) is 0 Å². The molecule has 0 atom stereocenters. The number of anilines is 1. The predicted octanol–water partition coefficient (Wildman–Crippen LogP) is 4.93. The number of benzene rings is 1. The van der Waals surface area contributed by atoms with Crippen molar-refractivity contribution in [2.45, 2.75) is 39.5 Å². The molecule has 2 aromatic heterocycles. The van der Waals surface area contributed by atoms with Gasteiger partial charge in [0.2, 0.25) is 5.91 Å². The molecule has 5 rings (SSSR count).